The van der Waals surface area contributed by atoms with Crippen molar-refractivity contribution in [2.75, 3.05) is 13.2 Å². The lowest BCUT2D eigenvalue weighted by Crippen LogP contribution is -2.42. The average Bonchev–Trinajstić information content (AvgIpc) is 3.30. The summed E-state index contributed by atoms with van der Waals surface area (Å²) in [6.45, 7) is 7.29. The zero-order valence-electron chi connectivity index (χ0n) is 18.2. The second kappa shape index (κ2) is 8.79. The van der Waals surface area contributed by atoms with Crippen LogP contribution < -0.4 is 4.74 Å². The normalized spacial score (nSPS) is 16.6. The average molecular weight is 442 g/mol. The van der Waals surface area contributed by atoms with Gasteiger partial charge in [-0.15, -0.1) is 0 Å². The molecule has 31 heavy (non-hydrogen) atoms. The summed E-state index contributed by atoms with van der Waals surface area (Å²) in [7, 11) is 0. The number of rotatable bonds is 5. The third-order valence-corrected chi connectivity index (χ3v) is 5.49. The summed E-state index contributed by atoms with van der Waals surface area (Å²) in [6, 6.07) is 16.2. The van der Waals surface area contributed by atoms with Gasteiger partial charge in [-0.25, -0.2) is 4.79 Å². The molecule has 0 aliphatic carbocycles. The van der Waals surface area contributed by atoms with E-state index < -0.39 is 5.60 Å². The van der Waals surface area contributed by atoms with E-state index in [-0.39, 0.29) is 12.1 Å². The highest BCUT2D eigenvalue weighted by molar-refractivity contribution is 6.30. The number of carbonyl (C=O) groups excluding carboxylic acids is 1. The number of amides is 1. The smallest absolute Gasteiger partial charge is 0.410 e. The van der Waals surface area contributed by atoms with Crippen molar-refractivity contribution in [2.24, 2.45) is 0 Å². The van der Waals surface area contributed by atoms with Crippen LogP contribution in [0.5, 0.6) is 6.01 Å². The zero-order valence-corrected chi connectivity index (χ0v) is 18.9. The van der Waals surface area contributed by atoms with Crippen molar-refractivity contribution in [1.82, 2.24) is 14.5 Å². The molecule has 0 radical (unpaired) electrons. The van der Waals surface area contributed by atoms with Crippen molar-refractivity contribution in [3.8, 4) is 6.01 Å². The predicted octanol–water partition coefficient (Wildman–Crippen LogP) is 5.52. The first-order valence-electron chi connectivity index (χ1n) is 10.6. The van der Waals surface area contributed by atoms with Crippen LogP contribution in [0.3, 0.4) is 0 Å². The van der Waals surface area contributed by atoms with Crippen molar-refractivity contribution >= 4 is 28.7 Å². The van der Waals surface area contributed by atoms with Gasteiger partial charge in [-0.2, -0.15) is 4.98 Å². The van der Waals surface area contributed by atoms with E-state index in [1.165, 1.54) is 0 Å². The van der Waals surface area contributed by atoms with Gasteiger partial charge in [0.25, 0.3) is 6.01 Å². The second-order valence-electron chi connectivity index (χ2n) is 8.88. The molecule has 2 aromatic carbocycles. The van der Waals surface area contributed by atoms with Gasteiger partial charge in [0.05, 0.1) is 23.6 Å². The first kappa shape index (κ1) is 21.5. The maximum atomic E-state index is 12.6. The standard InChI is InChI=1S/C24H28ClN3O3/c1-24(2,3)31-23(29)27-13-7-10-19(27)16-30-22-26-20-11-4-5-12-21(20)28(22)15-17-8-6-9-18(25)14-17/h4-6,8-9,11-12,14,19H,7,10,13,15-16H2,1-3H3. The molecule has 0 N–H and O–H groups in total. The predicted molar refractivity (Wildman–Crippen MR) is 122 cm³/mol. The molecule has 1 aliphatic rings. The number of likely N-dealkylation sites (tertiary alicyclic amines) is 1. The topological polar surface area (TPSA) is 56.6 Å². The van der Waals surface area contributed by atoms with Crippen molar-refractivity contribution in [2.45, 2.75) is 51.8 Å². The van der Waals surface area contributed by atoms with Crippen LogP contribution in [0.25, 0.3) is 11.0 Å². The number of carbonyl (C=O) groups is 1. The summed E-state index contributed by atoms with van der Waals surface area (Å²) < 4.78 is 13.8. The van der Waals surface area contributed by atoms with E-state index in [1.54, 1.807) is 4.90 Å². The van der Waals surface area contributed by atoms with Gasteiger partial charge in [-0.05, 0) is 63.4 Å². The van der Waals surface area contributed by atoms with Crippen molar-refractivity contribution in [3.63, 3.8) is 0 Å². The van der Waals surface area contributed by atoms with E-state index >= 15 is 0 Å². The summed E-state index contributed by atoms with van der Waals surface area (Å²) >= 11 is 6.18. The minimum Gasteiger partial charge on any atom is -0.462 e. The molecule has 1 unspecified atom stereocenters. The Balaban J connectivity index is 1.53. The van der Waals surface area contributed by atoms with Crippen LogP contribution in [0, 0.1) is 0 Å². The second-order valence-corrected chi connectivity index (χ2v) is 9.32. The molecule has 7 heteroatoms. The summed E-state index contributed by atoms with van der Waals surface area (Å²) in [5, 5.41) is 0.698. The van der Waals surface area contributed by atoms with Crippen molar-refractivity contribution < 1.29 is 14.3 Å². The molecule has 1 atom stereocenters. The maximum absolute atomic E-state index is 12.6. The Morgan fingerprint density at radius 3 is 2.77 bits per heavy atom. The van der Waals surface area contributed by atoms with E-state index in [4.69, 9.17) is 26.1 Å². The van der Waals surface area contributed by atoms with E-state index in [0.29, 0.717) is 30.7 Å². The summed E-state index contributed by atoms with van der Waals surface area (Å²) in [5.74, 6) is 0. The van der Waals surface area contributed by atoms with Gasteiger partial charge in [0.1, 0.15) is 12.2 Å². The van der Waals surface area contributed by atoms with E-state index in [9.17, 15) is 4.79 Å². The number of aromatic nitrogens is 2. The number of nitrogens with zero attached hydrogens (tertiary/aromatic N) is 3. The van der Waals surface area contributed by atoms with Crippen molar-refractivity contribution in [3.05, 3.63) is 59.1 Å². The van der Waals surface area contributed by atoms with Crippen LogP contribution in [0.4, 0.5) is 4.79 Å². The van der Waals surface area contributed by atoms with Crippen LogP contribution in [0.1, 0.15) is 39.2 Å². The zero-order chi connectivity index (χ0) is 22.0. The third kappa shape index (κ3) is 5.13. The summed E-state index contributed by atoms with van der Waals surface area (Å²) in [6.07, 6.45) is 1.53. The fourth-order valence-corrected chi connectivity index (χ4v) is 4.09. The molecule has 0 spiro atoms. The lowest BCUT2D eigenvalue weighted by Gasteiger charge is -2.28. The first-order chi connectivity index (χ1) is 14.8. The minimum absolute atomic E-state index is 0.0331. The Morgan fingerprint density at radius 2 is 2.00 bits per heavy atom. The molecule has 3 aromatic rings. The number of ether oxygens (including phenoxy) is 2. The highest BCUT2D eigenvalue weighted by Gasteiger charge is 2.33. The highest BCUT2D eigenvalue weighted by Crippen LogP contribution is 2.26. The fourth-order valence-electron chi connectivity index (χ4n) is 3.87. The van der Waals surface area contributed by atoms with Gasteiger partial charge in [0.2, 0.25) is 0 Å². The number of hydrogen-bond donors (Lipinski definition) is 0. The Kier molecular flexibility index (Phi) is 6.10. The Hall–Kier alpha value is -2.73. The van der Waals surface area contributed by atoms with Gasteiger partial charge >= 0.3 is 6.09 Å². The number of benzene rings is 2. The summed E-state index contributed by atoms with van der Waals surface area (Å²) in [5.41, 5.74) is 2.41. The first-order valence-corrected chi connectivity index (χ1v) is 11.0. The van der Waals surface area contributed by atoms with Crippen LogP contribution >= 0.6 is 11.6 Å². The van der Waals surface area contributed by atoms with E-state index in [1.807, 2.05) is 73.9 Å². The van der Waals surface area contributed by atoms with Crippen LogP contribution in [0.15, 0.2) is 48.5 Å². The van der Waals surface area contributed by atoms with Gasteiger partial charge in [-0.3, -0.25) is 4.57 Å². The van der Waals surface area contributed by atoms with Crippen LogP contribution in [-0.2, 0) is 11.3 Å². The highest BCUT2D eigenvalue weighted by atomic mass is 35.5. The lowest BCUT2D eigenvalue weighted by atomic mass is 10.2. The van der Waals surface area contributed by atoms with Gasteiger partial charge in [-0.1, -0.05) is 35.9 Å². The molecular weight excluding hydrogens is 414 g/mol. The van der Waals surface area contributed by atoms with Gasteiger partial charge in [0, 0.05) is 11.6 Å². The number of hydrogen-bond acceptors (Lipinski definition) is 4. The molecule has 1 amide bonds. The molecule has 1 saturated heterocycles. The number of para-hydroxylation sites is 2. The summed E-state index contributed by atoms with van der Waals surface area (Å²) in [4.78, 5) is 19.0. The quantitative estimate of drug-likeness (QED) is 0.523. The fraction of sp³-hybridized carbons (Fsp3) is 0.417. The lowest BCUT2D eigenvalue weighted by molar-refractivity contribution is 0.0183. The maximum Gasteiger partial charge on any atom is 0.410 e. The van der Waals surface area contributed by atoms with Gasteiger partial charge < -0.3 is 14.4 Å². The monoisotopic (exact) mass is 441 g/mol. The molecular formula is C24H28ClN3O3. The van der Waals surface area contributed by atoms with Crippen molar-refractivity contribution in [1.29, 1.82) is 0 Å². The number of imidazole rings is 1. The van der Waals surface area contributed by atoms with E-state index in [2.05, 4.69) is 0 Å². The Labute approximate surface area is 187 Å². The van der Waals surface area contributed by atoms with E-state index in [0.717, 1.165) is 29.4 Å². The number of halogens is 1. The Bertz CT molecular complexity index is 1070. The number of fused-ring (bicyclic) bond motifs is 1. The SMILES string of the molecule is CC(C)(C)OC(=O)N1CCCC1COc1nc2ccccc2n1Cc1cccc(Cl)c1. The molecule has 1 aromatic heterocycles. The minimum atomic E-state index is -0.518. The van der Waals surface area contributed by atoms with Gasteiger partial charge in [0.15, 0.2) is 0 Å². The molecule has 4 rings (SSSR count). The molecule has 164 valence electrons. The molecule has 2 heterocycles. The molecule has 6 nitrogen and oxygen atoms in total. The largest absolute Gasteiger partial charge is 0.462 e. The van der Waals surface area contributed by atoms with Crippen LogP contribution in [0.2, 0.25) is 5.02 Å². The molecule has 1 fully saturated rings. The molecule has 0 saturated carbocycles. The van der Waals surface area contributed by atoms with Crippen LogP contribution in [-0.4, -0.2) is 45.3 Å². The molecule has 1 aliphatic heterocycles. The molecule has 0 bridgehead atoms. The third-order valence-electron chi connectivity index (χ3n) is 5.26. The Morgan fingerprint density at radius 1 is 1.19 bits per heavy atom.